The minimum absolute atomic E-state index is 0.0193. The summed E-state index contributed by atoms with van der Waals surface area (Å²) in [6.45, 7) is 0. The summed E-state index contributed by atoms with van der Waals surface area (Å²) >= 11 is 0. The zero-order chi connectivity index (χ0) is 22.5. The second-order valence-electron chi connectivity index (χ2n) is 7.00. The molecule has 0 fully saturated rings. The van der Waals surface area contributed by atoms with E-state index in [2.05, 4.69) is 9.98 Å². The number of hydrogen-bond acceptors (Lipinski definition) is 6. The first-order valence-corrected chi connectivity index (χ1v) is 9.93. The first kappa shape index (κ1) is 20.9. The lowest BCUT2D eigenvalue weighted by Gasteiger charge is -2.07. The molecule has 0 aromatic heterocycles. The number of aliphatic imine (C=N–C) groups is 2. The number of benzene rings is 4. The van der Waals surface area contributed by atoms with E-state index < -0.39 is 0 Å². The average molecular weight is 426 g/mol. The Morgan fingerprint density at radius 2 is 1.06 bits per heavy atom. The van der Waals surface area contributed by atoms with Crippen LogP contribution in [-0.2, 0) is 0 Å². The molecule has 0 aliphatic heterocycles. The molecule has 4 aromatic carbocycles. The van der Waals surface area contributed by atoms with E-state index in [1.54, 1.807) is 48.8 Å². The van der Waals surface area contributed by atoms with Gasteiger partial charge in [0.05, 0.1) is 25.6 Å². The van der Waals surface area contributed by atoms with Gasteiger partial charge in [0.15, 0.2) is 23.0 Å². The van der Waals surface area contributed by atoms with Crippen molar-refractivity contribution in [1.29, 1.82) is 0 Å². The number of para-hydroxylation sites is 2. The van der Waals surface area contributed by atoms with Gasteiger partial charge in [0.25, 0.3) is 0 Å². The third-order valence-electron chi connectivity index (χ3n) is 5.03. The van der Waals surface area contributed by atoms with Gasteiger partial charge >= 0.3 is 0 Å². The molecule has 4 aromatic rings. The summed E-state index contributed by atoms with van der Waals surface area (Å²) in [6, 6.07) is 22.2. The molecule has 6 nitrogen and oxygen atoms in total. The van der Waals surface area contributed by atoms with Crippen molar-refractivity contribution in [2.75, 3.05) is 14.2 Å². The Kier molecular flexibility index (Phi) is 6.03. The van der Waals surface area contributed by atoms with E-state index in [4.69, 9.17) is 9.47 Å². The predicted molar refractivity (Wildman–Crippen MR) is 128 cm³/mol. The smallest absolute Gasteiger partial charge is 0.166 e. The van der Waals surface area contributed by atoms with Crippen LogP contribution in [0.5, 0.6) is 23.0 Å². The molecular weight excluding hydrogens is 404 g/mol. The number of ether oxygens (including phenoxy) is 2. The van der Waals surface area contributed by atoms with E-state index in [9.17, 15) is 10.2 Å². The van der Waals surface area contributed by atoms with Gasteiger partial charge in [-0.25, -0.2) is 0 Å². The van der Waals surface area contributed by atoms with Crippen molar-refractivity contribution in [2.24, 2.45) is 9.98 Å². The van der Waals surface area contributed by atoms with Crippen LogP contribution in [0, 0.1) is 0 Å². The van der Waals surface area contributed by atoms with E-state index in [-0.39, 0.29) is 11.5 Å². The highest BCUT2D eigenvalue weighted by molar-refractivity contribution is 5.96. The van der Waals surface area contributed by atoms with Crippen molar-refractivity contribution in [3.63, 3.8) is 0 Å². The minimum atomic E-state index is 0.0193. The van der Waals surface area contributed by atoms with Crippen molar-refractivity contribution in [2.45, 2.75) is 0 Å². The summed E-state index contributed by atoms with van der Waals surface area (Å²) < 4.78 is 10.3. The number of phenols is 2. The van der Waals surface area contributed by atoms with Crippen LogP contribution in [0.15, 0.2) is 82.8 Å². The Labute approximate surface area is 185 Å². The predicted octanol–water partition coefficient (Wildman–Crippen LogP) is 5.77. The maximum absolute atomic E-state index is 10.4. The molecular formula is C26H22N2O4. The van der Waals surface area contributed by atoms with Crippen LogP contribution in [0.1, 0.15) is 11.1 Å². The highest BCUT2D eigenvalue weighted by atomic mass is 16.5. The number of rotatable bonds is 6. The fraction of sp³-hybridized carbons (Fsp3) is 0.0769. The highest BCUT2D eigenvalue weighted by Gasteiger charge is 2.08. The molecule has 0 heterocycles. The van der Waals surface area contributed by atoms with Crippen LogP contribution >= 0.6 is 0 Å². The Morgan fingerprint density at radius 1 is 0.625 bits per heavy atom. The van der Waals surface area contributed by atoms with E-state index in [1.807, 2.05) is 36.4 Å². The van der Waals surface area contributed by atoms with Crippen molar-refractivity contribution < 1.29 is 19.7 Å². The summed E-state index contributed by atoms with van der Waals surface area (Å²) in [4.78, 5) is 9.18. The molecule has 160 valence electrons. The average Bonchev–Trinajstić information content (AvgIpc) is 2.82. The molecule has 2 N–H and O–H groups in total. The molecule has 0 saturated carbocycles. The zero-order valence-electron chi connectivity index (χ0n) is 17.7. The number of hydrogen-bond donors (Lipinski definition) is 2. The molecule has 4 rings (SSSR count). The Bertz CT molecular complexity index is 1230. The monoisotopic (exact) mass is 426 g/mol. The lowest BCUT2D eigenvalue weighted by molar-refractivity contribution is 0.373. The molecule has 0 saturated heterocycles. The molecule has 0 aliphatic rings. The number of fused-ring (bicyclic) bond motifs is 1. The minimum Gasteiger partial charge on any atom is -0.504 e. The topological polar surface area (TPSA) is 83.6 Å². The molecule has 0 bridgehead atoms. The number of phenolic OH excluding ortho intramolecular Hbond substituents is 2. The van der Waals surface area contributed by atoms with Gasteiger partial charge in [-0.05, 0) is 47.2 Å². The third-order valence-corrected chi connectivity index (χ3v) is 5.03. The van der Waals surface area contributed by atoms with Crippen LogP contribution in [-0.4, -0.2) is 36.9 Å². The van der Waals surface area contributed by atoms with E-state index >= 15 is 0 Å². The first-order chi connectivity index (χ1) is 15.6. The number of aromatic hydroxyl groups is 2. The maximum atomic E-state index is 10.4. The molecule has 0 unspecified atom stereocenters. The van der Waals surface area contributed by atoms with Crippen molar-refractivity contribution in [1.82, 2.24) is 0 Å². The molecule has 32 heavy (non-hydrogen) atoms. The normalized spacial score (nSPS) is 11.4. The second-order valence-corrected chi connectivity index (χ2v) is 7.00. The zero-order valence-corrected chi connectivity index (χ0v) is 17.7. The maximum Gasteiger partial charge on any atom is 0.166 e. The summed E-state index contributed by atoms with van der Waals surface area (Å²) in [6.07, 6.45) is 3.15. The summed E-state index contributed by atoms with van der Waals surface area (Å²) in [7, 11) is 3.00. The van der Waals surface area contributed by atoms with Gasteiger partial charge < -0.3 is 19.7 Å². The Hall–Kier alpha value is -4.32. The Balaban J connectivity index is 1.78. The van der Waals surface area contributed by atoms with Gasteiger partial charge in [-0.1, -0.05) is 36.4 Å². The lowest BCUT2D eigenvalue weighted by atomic mass is 10.1. The van der Waals surface area contributed by atoms with Gasteiger partial charge in [-0.2, -0.15) is 0 Å². The van der Waals surface area contributed by atoms with Gasteiger partial charge in [-0.3, -0.25) is 9.98 Å². The summed E-state index contributed by atoms with van der Waals surface area (Å²) in [5.41, 5.74) is 2.28. The fourth-order valence-corrected chi connectivity index (χ4v) is 3.32. The van der Waals surface area contributed by atoms with Crippen LogP contribution in [0.2, 0.25) is 0 Å². The van der Waals surface area contributed by atoms with Crippen LogP contribution in [0.25, 0.3) is 10.8 Å². The van der Waals surface area contributed by atoms with Crippen molar-refractivity contribution in [3.05, 3.63) is 83.9 Å². The highest BCUT2D eigenvalue weighted by Crippen LogP contribution is 2.35. The van der Waals surface area contributed by atoms with Gasteiger partial charge in [0, 0.05) is 23.6 Å². The van der Waals surface area contributed by atoms with Crippen molar-refractivity contribution in [3.8, 4) is 23.0 Å². The number of nitrogens with zero attached hydrogens (tertiary/aromatic N) is 2. The van der Waals surface area contributed by atoms with E-state index in [0.29, 0.717) is 34.0 Å². The quantitative estimate of drug-likeness (QED) is 0.384. The SMILES string of the molecule is COc1cccc(C=Nc2cc3ccccc3cc2N=Cc2cccc(OC)c2O)c1O. The largest absolute Gasteiger partial charge is 0.504 e. The molecule has 0 atom stereocenters. The Morgan fingerprint density at radius 3 is 1.47 bits per heavy atom. The van der Waals surface area contributed by atoms with Crippen LogP contribution in [0.4, 0.5) is 11.4 Å². The molecule has 0 aliphatic carbocycles. The fourth-order valence-electron chi connectivity index (χ4n) is 3.32. The molecule has 0 radical (unpaired) electrons. The van der Waals surface area contributed by atoms with Gasteiger partial charge in [0.2, 0.25) is 0 Å². The standard InChI is InChI=1S/C26H22N2O4/c1-31-23-11-5-9-19(25(23)29)15-27-21-13-17-7-3-4-8-18(17)14-22(21)28-16-20-10-6-12-24(32-2)26(20)30/h3-16,29-30H,1-2H3. The summed E-state index contributed by atoms with van der Waals surface area (Å²) in [5, 5.41) is 22.7. The second kappa shape index (κ2) is 9.22. The molecule has 0 amide bonds. The number of methoxy groups -OCH3 is 2. The van der Waals surface area contributed by atoms with Gasteiger partial charge in [0.1, 0.15) is 0 Å². The lowest BCUT2D eigenvalue weighted by Crippen LogP contribution is -1.89. The van der Waals surface area contributed by atoms with E-state index in [0.717, 1.165) is 10.8 Å². The molecule has 6 heteroatoms. The van der Waals surface area contributed by atoms with Gasteiger partial charge in [-0.15, -0.1) is 0 Å². The first-order valence-electron chi connectivity index (χ1n) is 9.93. The van der Waals surface area contributed by atoms with Crippen LogP contribution < -0.4 is 9.47 Å². The van der Waals surface area contributed by atoms with E-state index in [1.165, 1.54) is 14.2 Å². The third kappa shape index (κ3) is 4.25. The van der Waals surface area contributed by atoms with Crippen LogP contribution in [0.3, 0.4) is 0 Å². The van der Waals surface area contributed by atoms with Crippen molar-refractivity contribution >= 4 is 34.6 Å². The molecule has 0 spiro atoms. The summed E-state index contributed by atoms with van der Waals surface area (Å²) in [5.74, 6) is 0.787.